The summed E-state index contributed by atoms with van der Waals surface area (Å²) in [4.78, 5) is 13.3. The first-order chi connectivity index (χ1) is 16.0. The molecule has 0 aliphatic rings. The van der Waals surface area contributed by atoms with E-state index in [1.54, 1.807) is 54.6 Å². The number of hydrogen-bond acceptors (Lipinski definition) is 7. The number of benzene rings is 3. The lowest BCUT2D eigenvalue weighted by molar-refractivity contribution is 0.102. The summed E-state index contributed by atoms with van der Waals surface area (Å²) in [6, 6.07) is 24.1. The van der Waals surface area contributed by atoms with Gasteiger partial charge in [-0.2, -0.15) is 0 Å². The first-order valence-electron chi connectivity index (χ1n) is 9.88. The van der Waals surface area contributed by atoms with Gasteiger partial charge in [0, 0.05) is 0 Å². The maximum atomic E-state index is 13.7. The van der Waals surface area contributed by atoms with Gasteiger partial charge in [0.15, 0.2) is 4.34 Å². The number of nitrogens with one attached hydrogen (secondary N) is 1. The van der Waals surface area contributed by atoms with Crippen molar-refractivity contribution in [2.45, 2.75) is 15.8 Å². The first kappa shape index (κ1) is 23.0. The van der Waals surface area contributed by atoms with Crippen molar-refractivity contribution in [2.24, 2.45) is 0 Å². The Kier molecular flexibility index (Phi) is 7.07. The summed E-state index contributed by atoms with van der Waals surface area (Å²) in [5.74, 6) is -0.462. The number of para-hydroxylation sites is 1. The van der Waals surface area contributed by atoms with Gasteiger partial charge in [0.1, 0.15) is 0 Å². The number of anilines is 2. The predicted octanol–water partition coefficient (Wildman–Crippen LogP) is 4.91. The van der Waals surface area contributed by atoms with Crippen LogP contribution in [0.4, 0.5) is 10.8 Å². The van der Waals surface area contributed by atoms with Crippen molar-refractivity contribution in [1.82, 2.24) is 10.2 Å². The summed E-state index contributed by atoms with van der Waals surface area (Å²) in [6.45, 7) is 0.0673. The predicted molar refractivity (Wildman–Crippen MR) is 132 cm³/mol. The van der Waals surface area contributed by atoms with Gasteiger partial charge in [-0.1, -0.05) is 83.8 Å². The molecule has 0 bridgehead atoms. The molecule has 1 aromatic heterocycles. The van der Waals surface area contributed by atoms with Crippen LogP contribution >= 0.6 is 23.1 Å². The Morgan fingerprint density at radius 3 is 2.24 bits per heavy atom. The van der Waals surface area contributed by atoms with Crippen LogP contribution in [0.5, 0.6) is 0 Å². The zero-order valence-corrected chi connectivity index (χ0v) is 20.0. The lowest BCUT2D eigenvalue weighted by atomic mass is 10.1. The van der Waals surface area contributed by atoms with E-state index in [1.807, 2.05) is 36.6 Å². The molecule has 33 heavy (non-hydrogen) atoms. The first-order valence-corrected chi connectivity index (χ1v) is 13.4. The Bertz CT molecular complexity index is 1340. The highest BCUT2D eigenvalue weighted by Crippen LogP contribution is 2.30. The molecule has 0 radical (unpaired) electrons. The maximum Gasteiger partial charge on any atom is 0.264 e. The number of hydrogen-bond donors (Lipinski definition) is 1. The zero-order valence-electron chi connectivity index (χ0n) is 17.6. The van der Waals surface area contributed by atoms with E-state index in [1.165, 1.54) is 27.4 Å². The van der Waals surface area contributed by atoms with Crippen molar-refractivity contribution < 1.29 is 13.2 Å². The van der Waals surface area contributed by atoms with E-state index in [0.717, 1.165) is 9.90 Å². The highest BCUT2D eigenvalue weighted by atomic mass is 32.2. The third kappa shape index (κ3) is 5.24. The Morgan fingerprint density at radius 2 is 1.58 bits per heavy atom. The Labute approximate surface area is 200 Å². The molecule has 4 aromatic rings. The van der Waals surface area contributed by atoms with Gasteiger partial charge in [-0.05, 0) is 36.1 Å². The number of rotatable bonds is 8. The van der Waals surface area contributed by atoms with E-state index < -0.39 is 15.9 Å². The second-order valence-electron chi connectivity index (χ2n) is 6.86. The van der Waals surface area contributed by atoms with Gasteiger partial charge in [0.2, 0.25) is 5.13 Å². The van der Waals surface area contributed by atoms with Crippen LogP contribution in [-0.4, -0.2) is 30.8 Å². The van der Waals surface area contributed by atoms with Gasteiger partial charge in [-0.3, -0.25) is 14.4 Å². The highest BCUT2D eigenvalue weighted by Gasteiger charge is 2.28. The van der Waals surface area contributed by atoms with Crippen LogP contribution < -0.4 is 9.62 Å². The molecule has 0 fully saturated rings. The smallest absolute Gasteiger partial charge is 0.264 e. The standard InChI is InChI=1S/C23H20N4O3S3/c1-31-23-26-25-22(32-23)24-21(28)19-14-8-9-15-20(19)27(16-17-10-4-2-5-11-17)33(29,30)18-12-6-3-7-13-18/h2-15H,16H2,1H3,(H,24,25,28). The highest BCUT2D eigenvalue weighted by molar-refractivity contribution is 8.00. The molecule has 1 N–H and O–H groups in total. The second-order valence-corrected chi connectivity index (χ2v) is 10.8. The van der Waals surface area contributed by atoms with E-state index in [4.69, 9.17) is 0 Å². The van der Waals surface area contributed by atoms with Crippen LogP contribution in [0.15, 0.2) is 94.2 Å². The molecule has 1 heterocycles. The molecular formula is C23H20N4O3S3. The van der Waals surface area contributed by atoms with Crippen LogP contribution in [-0.2, 0) is 16.6 Å². The quantitative estimate of drug-likeness (QED) is 0.275. The lowest BCUT2D eigenvalue weighted by Gasteiger charge is -2.26. The number of carbonyl (C=O) groups excluding carboxylic acids is 1. The number of carbonyl (C=O) groups is 1. The van der Waals surface area contributed by atoms with E-state index in [2.05, 4.69) is 15.5 Å². The molecule has 0 saturated heterocycles. The van der Waals surface area contributed by atoms with Crippen LogP contribution in [0.25, 0.3) is 0 Å². The second kappa shape index (κ2) is 10.2. The Hall–Kier alpha value is -3.21. The molecule has 3 aromatic carbocycles. The van der Waals surface area contributed by atoms with Crippen molar-refractivity contribution in [1.29, 1.82) is 0 Å². The maximum absolute atomic E-state index is 13.7. The summed E-state index contributed by atoms with van der Waals surface area (Å²) >= 11 is 2.68. The average Bonchev–Trinajstić information content (AvgIpc) is 3.31. The molecule has 0 atom stereocenters. The summed E-state index contributed by atoms with van der Waals surface area (Å²) in [5.41, 5.74) is 1.28. The normalized spacial score (nSPS) is 11.2. The van der Waals surface area contributed by atoms with Gasteiger partial charge in [0.25, 0.3) is 15.9 Å². The van der Waals surface area contributed by atoms with Gasteiger partial charge < -0.3 is 0 Å². The Balaban J connectivity index is 1.76. The topological polar surface area (TPSA) is 92.3 Å². The third-order valence-corrected chi connectivity index (χ3v) is 8.31. The molecule has 7 nitrogen and oxygen atoms in total. The van der Waals surface area contributed by atoms with Crippen molar-refractivity contribution in [3.8, 4) is 0 Å². The number of thioether (sulfide) groups is 1. The van der Waals surface area contributed by atoms with Crippen molar-refractivity contribution >= 4 is 49.8 Å². The van der Waals surface area contributed by atoms with Crippen LogP contribution in [0, 0.1) is 0 Å². The van der Waals surface area contributed by atoms with E-state index >= 15 is 0 Å². The third-order valence-electron chi connectivity index (χ3n) is 4.72. The fraction of sp³-hybridized carbons (Fsp3) is 0.0870. The molecule has 168 valence electrons. The monoisotopic (exact) mass is 496 g/mol. The number of amides is 1. The minimum absolute atomic E-state index is 0.0673. The van der Waals surface area contributed by atoms with Gasteiger partial charge in [0.05, 0.1) is 22.7 Å². The van der Waals surface area contributed by atoms with E-state index in [-0.39, 0.29) is 22.7 Å². The molecule has 10 heteroatoms. The number of aromatic nitrogens is 2. The summed E-state index contributed by atoms with van der Waals surface area (Å²) in [6.07, 6.45) is 1.87. The minimum Gasteiger partial charge on any atom is -0.296 e. The minimum atomic E-state index is -3.96. The van der Waals surface area contributed by atoms with E-state index in [0.29, 0.717) is 5.13 Å². The molecule has 1 amide bonds. The molecule has 0 aliphatic heterocycles. The van der Waals surface area contributed by atoms with Crippen molar-refractivity contribution in [3.05, 3.63) is 96.1 Å². The Morgan fingerprint density at radius 1 is 0.939 bits per heavy atom. The molecule has 0 spiro atoms. The summed E-state index contributed by atoms with van der Waals surface area (Å²) in [7, 11) is -3.96. The average molecular weight is 497 g/mol. The molecule has 0 saturated carbocycles. The molecule has 0 unspecified atom stereocenters. The van der Waals surface area contributed by atoms with E-state index in [9.17, 15) is 13.2 Å². The molecule has 0 aliphatic carbocycles. The molecular weight excluding hydrogens is 476 g/mol. The fourth-order valence-electron chi connectivity index (χ4n) is 3.16. The SMILES string of the molecule is CSc1nnc(NC(=O)c2ccccc2N(Cc2ccccc2)S(=O)(=O)c2ccccc2)s1. The largest absolute Gasteiger partial charge is 0.296 e. The van der Waals surface area contributed by atoms with Gasteiger partial charge in [-0.25, -0.2) is 8.42 Å². The van der Waals surface area contributed by atoms with Crippen LogP contribution in [0.3, 0.4) is 0 Å². The van der Waals surface area contributed by atoms with Crippen molar-refractivity contribution in [2.75, 3.05) is 15.9 Å². The van der Waals surface area contributed by atoms with Crippen molar-refractivity contribution in [3.63, 3.8) is 0 Å². The van der Waals surface area contributed by atoms with Gasteiger partial charge >= 0.3 is 0 Å². The number of sulfonamides is 1. The van der Waals surface area contributed by atoms with Crippen LogP contribution in [0.1, 0.15) is 15.9 Å². The zero-order chi connectivity index (χ0) is 23.3. The summed E-state index contributed by atoms with van der Waals surface area (Å²) in [5, 5.41) is 11.0. The summed E-state index contributed by atoms with van der Waals surface area (Å²) < 4.78 is 29.3. The fourth-order valence-corrected chi connectivity index (χ4v) is 5.82. The van der Waals surface area contributed by atoms with Gasteiger partial charge in [-0.15, -0.1) is 10.2 Å². The van der Waals surface area contributed by atoms with Crippen LogP contribution in [0.2, 0.25) is 0 Å². The number of nitrogens with zero attached hydrogens (tertiary/aromatic N) is 3. The lowest BCUT2D eigenvalue weighted by Crippen LogP contribution is -2.32. The molecule has 4 rings (SSSR count).